The molecule has 6 aliphatic rings. The van der Waals surface area contributed by atoms with Crippen molar-refractivity contribution in [3.63, 3.8) is 0 Å². The van der Waals surface area contributed by atoms with Gasteiger partial charge < -0.3 is 64.3 Å². The van der Waals surface area contributed by atoms with E-state index >= 15 is 0 Å². The van der Waals surface area contributed by atoms with Crippen molar-refractivity contribution in [2.45, 2.75) is 52.4 Å². The van der Waals surface area contributed by atoms with Crippen molar-refractivity contribution in [2.24, 2.45) is 20.0 Å². The van der Waals surface area contributed by atoms with Gasteiger partial charge in [0.05, 0.1) is 29.6 Å². The average Bonchev–Trinajstić information content (AvgIpc) is 0.836. The van der Waals surface area contributed by atoms with E-state index in [1.165, 1.54) is 24.1 Å². The summed E-state index contributed by atoms with van der Waals surface area (Å²) in [5.41, 5.74) is 11.3. The number of rotatable bonds is 12. The summed E-state index contributed by atoms with van der Waals surface area (Å²) in [4.78, 5) is 70.5. The number of piperazine rings is 2. The van der Waals surface area contributed by atoms with Gasteiger partial charge in [-0.25, -0.2) is 15.0 Å². The number of hydrogen-bond donors (Lipinski definition) is 3. The highest BCUT2D eigenvalue weighted by molar-refractivity contribution is 6.33. The quantitative estimate of drug-likeness (QED) is 0.105. The molecule has 0 bridgehead atoms. The van der Waals surface area contributed by atoms with Crippen LogP contribution >= 0.6 is 34.8 Å². The zero-order valence-corrected chi connectivity index (χ0v) is 55.6. The number of fused-ring (bicyclic) bond motifs is 3. The predicted molar refractivity (Wildman–Crippen MR) is 379 cm³/mol. The number of halogens is 3. The molecule has 0 atom stereocenters. The van der Waals surface area contributed by atoms with Gasteiger partial charge in [-0.1, -0.05) is 68.4 Å². The Morgan fingerprint density at radius 2 is 0.913 bits per heavy atom. The van der Waals surface area contributed by atoms with Crippen molar-refractivity contribution in [3.8, 4) is 0 Å². The summed E-state index contributed by atoms with van der Waals surface area (Å²) in [7, 11) is 7.79. The maximum absolute atomic E-state index is 12.8. The molecule has 0 radical (unpaired) electrons. The van der Waals surface area contributed by atoms with E-state index in [0.717, 1.165) is 179 Å². The fourth-order valence-corrected chi connectivity index (χ4v) is 12.7. The van der Waals surface area contributed by atoms with Gasteiger partial charge in [0.15, 0.2) is 17.5 Å². The monoisotopic (exact) mass is 1300 g/mol. The van der Waals surface area contributed by atoms with Crippen LogP contribution in [0.5, 0.6) is 0 Å². The van der Waals surface area contributed by atoms with E-state index in [-0.39, 0.29) is 11.1 Å². The van der Waals surface area contributed by atoms with Gasteiger partial charge in [-0.2, -0.15) is 15.0 Å². The Morgan fingerprint density at radius 1 is 0.489 bits per heavy atom. The fraction of sp³-hybridized carbons (Fsp3) is 0.382. The first-order chi connectivity index (χ1) is 44.3. The van der Waals surface area contributed by atoms with E-state index in [9.17, 15) is 9.59 Å². The third-order valence-corrected chi connectivity index (χ3v) is 19.4. The second-order valence-corrected chi connectivity index (χ2v) is 25.8. The predicted octanol–water partition coefficient (Wildman–Crippen LogP) is 11.8. The van der Waals surface area contributed by atoms with Crippen LogP contribution in [-0.4, -0.2) is 148 Å². The molecule has 0 aliphatic carbocycles. The van der Waals surface area contributed by atoms with Crippen molar-refractivity contribution >= 4 is 126 Å². The second-order valence-electron chi connectivity index (χ2n) is 24.6. The lowest BCUT2D eigenvalue weighted by atomic mass is 9.99. The Balaban J connectivity index is 0.000000134. The van der Waals surface area contributed by atoms with Crippen LogP contribution in [0.25, 0.3) is 21.8 Å². The maximum Gasteiger partial charge on any atom is 0.274 e. The average molecular weight is 1300 g/mol. The Morgan fingerprint density at radius 3 is 1.34 bits per heavy atom. The van der Waals surface area contributed by atoms with Crippen molar-refractivity contribution in [3.05, 3.63) is 163 Å². The van der Waals surface area contributed by atoms with Crippen LogP contribution in [0.3, 0.4) is 0 Å². The zero-order chi connectivity index (χ0) is 64.5. The largest absolute Gasteiger partial charge is 0.349 e. The number of aryl methyl sites for hydroxylation is 3. The summed E-state index contributed by atoms with van der Waals surface area (Å²) < 4.78 is 3.37. The molecule has 0 spiro atoms. The van der Waals surface area contributed by atoms with Crippen molar-refractivity contribution in [1.29, 1.82) is 0 Å². The molecule has 24 heteroatoms. The summed E-state index contributed by atoms with van der Waals surface area (Å²) in [5.74, 6) is 4.68. The Hall–Kier alpha value is -8.47. The first kappa shape index (κ1) is 63.7. The van der Waals surface area contributed by atoms with Crippen molar-refractivity contribution in [2.75, 3.05) is 145 Å². The number of benzene rings is 3. The van der Waals surface area contributed by atoms with Gasteiger partial charge >= 0.3 is 0 Å². The van der Waals surface area contributed by atoms with E-state index in [2.05, 4.69) is 131 Å². The first-order valence-corrected chi connectivity index (χ1v) is 32.8. The third-order valence-electron chi connectivity index (χ3n) is 18.5. The molecule has 5 saturated heterocycles. The standard InChI is InChI=1S/C24H28ClN7O.C23H26ClN7O.C21H26ClN5/c1-4-30-9-11-31(12-10-30)24-26-15-19(25)22(28-24)27-18-5-6-20-17(13-18)14-21(23(33)29(20)3)32-8-7-16(32)2;1-15-6-7-31(15)20-13-16-12-17(4-5-19(16)29(3)22(20)32)26-21-18(24)14-25-23(27-21)30-10-8-28(2)9-11-30;1-14-8-10-27(11-9-14)21-23-13-18(22)20(25-21)24-17-6-7-19-16(12-17)5-4-15(2)26(19)3/h5-6,13-15H,2,4,7-12H2,1,3H3,(H,26,27,28);4-5,12-14H,1,6-11H2,2-3H3,(H,25,26,27);6-7,12-14H,2,4-5,8-11H2,1,3H3,(H,23,24,25). The Kier molecular flexibility index (Phi) is 19.0. The molecule has 0 unspecified atom stereocenters. The molecule has 6 aliphatic heterocycles. The number of piperidine rings is 1. The number of pyridine rings is 2. The van der Waals surface area contributed by atoms with Crippen molar-refractivity contribution < 1.29 is 0 Å². The molecular formula is C68H80Cl3N19O2. The van der Waals surface area contributed by atoms with Crippen LogP contribution in [-0.2, 0) is 20.5 Å². The maximum atomic E-state index is 12.8. The van der Waals surface area contributed by atoms with E-state index in [1.54, 1.807) is 41.8 Å². The van der Waals surface area contributed by atoms with Gasteiger partial charge in [-0.3, -0.25) is 9.59 Å². The van der Waals surface area contributed by atoms with Crippen LogP contribution in [0.15, 0.2) is 132 Å². The molecule has 8 aromatic rings. The minimum absolute atomic E-state index is 0.0179. The molecule has 5 aromatic heterocycles. The molecule has 14 rings (SSSR count). The second kappa shape index (κ2) is 27.4. The van der Waals surface area contributed by atoms with Gasteiger partial charge in [0, 0.05) is 163 Å². The summed E-state index contributed by atoms with van der Waals surface area (Å²) in [6, 6.07) is 22.0. The van der Waals surface area contributed by atoms with E-state index in [0.29, 0.717) is 55.8 Å². The van der Waals surface area contributed by atoms with Crippen LogP contribution < -0.4 is 56.5 Å². The highest BCUT2D eigenvalue weighted by Gasteiger charge is 2.27. The fourth-order valence-electron chi connectivity index (χ4n) is 12.3. The number of hydrogen-bond acceptors (Lipinski definition) is 19. The van der Waals surface area contributed by atoms with Crippen LogP contribution in [0, 0.1) is 5.92 Å². The summed E-state index contributed by atoms with van der Waals surface area (Å²) >= 11 is 19.2. The van der Waals surface area contributed by atoms with Crippen LogP contribution in [0.1, 0.15) is 51.5 Å². The molecule has 0 amide bonds. The summed E-state index contributed by atoms with van der Waals surface area (Å²) in [6.45, 7) is 28.9. The van der Waals surface area contributed by atoms with Crippen LogP contribution in [0.4, 0.5) is 69.4 Å². The van der Waals surface area contributed by atoms with E-state index in [1.807, 2.05) is 58.3 Å². The normalized spacial score (nSPS) is 17.2. The molecule has 5 fully saturated rings. The highest BCUT2D eigenvalue weighted by atomic mass is 35.5. The summed E-state index contributed by atoms with van der Waals surface area (Å²) in [6.07, 6.45) is 11.2. The van der Waals surface area contributed by atoms with Crippen LogP contribution in [0.2, 0.25) is 15.1 Å². The molecule has 3 N–H and O–H groups in total. The first-order valence-electron chi connectivity index (χ1n) is 31.6. The lowest BCUT2D eigenvalue weighted by molar-refractivity contribution is 0.270. The Bertz CT molecular complexity index is 4250. The van der Waals surface area contributed by atoms with E-state index < -0.39 is 0 Å². The van der Waals surface area contributed by atoms with Gasteiger partial charge in [0.1, 0.15) is 26.4 Å². The molecule has 11 heterocycles. The molecule has 92 heavy (non-hydrogen) atoms. The summed E-state index contributed by atoms with van der Waals surface area (Å²) in [5, 5.41) is 13.4. The smallest absolute Gasteiger partial charge is 0.274 e. The number of nitrogens with one attached hydrogen (secondary N) is 3. The number of allylic oxidation sites excluding steroid dienone is 1. The third kappa shape index (κ3) is 13.7. The molecule has 480 valence electrons. The number of nitrogens with zero attached hydrogens (tertiary/aromatic N) is 16. The minimum Gasteiger partial charge on any atom is -0.349 e. The SMILES string of the molecule is C=C1CCN1c1cc2cc(Nc3nc(N4CCN(C)CC4)ncc3Cl)ccc2n(C)c1=O.C=C1CCN1c1cc2cc(Nc3nc(N4CCN(CC)CC4)ncc3Cl)ccc2n(C)c1=O.C=C1CCc2cc(Nc3nc(N4CCC(C)CC4)ncc3Cl)ccc2N1C. The topological polar surface area (TPSA) is 183 Å². The molecule has 21 nitrogen and oxygen atoms in total. The van der Waals surface area contributed by atoms with E-state index in [4.69, 9.17) is 44.8 Å². The van der Waals surface area contributed by atoms with Crippen molar-refractivity contribution in [1.82, 2.24) is 48.8 Å². The minimum atomic E-state index is -0.0188. The number of aromatic nitrogens is 8. The van der Waals surface area contributed by atoms with Gasteiger partial charge in [0.2, 0.25) is 17.8 Å². The lowest BCUT2D eigenvalue weighted by Gasteiger charge is -2.35. The van der Waals surface area contributed by atoms with Gasteiger partial charge in [-0.05, 0) is 117 Å². The Labute approximate surface area is 552 Å². The molecular weight excluding hydrogens is 1220 g/mol. The molecule has 0 saturated carbocycles. The van der Waals surface area contributed by atoms with Gasteiger partial charge in [-0.15, -0.1) is 0 Å². The number of anilines is 12. The van der Waals surface area contributed by atoms with Gasteiger partial charge in [0.25, 0.3) is 11.1 Å². The number of likely N-dealkylation sites (N-methyl/N-ethyl adjacent to an activating group) is 2. The molecule has 3 aromatic carbocycles. The highest BCUT2D eigenvalue weighted by Crippen LogP contribution is 2.37. The zero-order valence-electron chi connectivity index (χ0n) is 53.3. The lowest BCUT2D eigenvalue weighted by Crippen LogP contribution is -2.46.